The Morgan fingerprint density at radius 1 is 1.33 bits per heavy atom. The van der Waals surface area contributed by atoms with E-state index in [1.807, 2.05) is 16.5 Å². The molecule has 2 aromatic rings. The molecule has 2 aliphatic rings. The molecule has 2 saturated heterocycles. The molecule has 24 heavy (non-hydrogen) atoms. The first kappa shape index (κ1) is 15.7. The van der Waals surface area contributed by atoms with E-state index in [2.05, 4.69) is 9.88 Å². The number of carbonyl (C=O) groups excluding carboxylic acids is 1. The van der Waals surface area contributed by atoms with Crippen molar-refractivity contribution in [1.29, 1.82) is 0 Å². The molecular weight excluding hydrogens is 325 g/mol. The summed E-state index contributed by atoms with van der Waals surface area (Å²) in [5, 5.41) is 3.16. The van der Waals surface area contributed by atoms with Gasteiger partial charge in [0, 0.05) is 42.8 Å². The quantitative estimate of drug-likeness (QED) is 0.858. The number of amides is 1. The summed E-state index contributed by atoms with van der Waals surface area (Å²) in [7, 11) is 0. The van der Waals surface area contributed by atoms with Crippen molar-refractivity contribution in [3.8, 4) is 0 Å². The highest BCUT2D eigenvalue weighted by atomic mass is 32.1. The Balaban J connectivity index is 1.42. The third-order valence-electron chi connectivity index (χ3n) is 5.09. The molecule has 2 atom stereocenters. The van der Waals surface area contributed by atoms with Crippen LogP contribution in [0.4, 0.5) is 4.39 Å². The van der Waals surface area contributed by atoms with E-state index < -0.39 is 0 Å². The Hall–Kier alpha value is -1.79. The summed E-state index contributed by atoms with van der Waals surface area (Å²) in [4.78, 5) is 21.5. The van der Waals surface area contributed by atoms with Crippen molar-refractivity contribution < 1.29 is 9.18 Å². The molecule has 6 heteroatoms. The molecule has 2 fully saturated rings. The number of halogens is 1. The summed E-state index contributed by atoms with van der Waals surface area (Å²) in [5.74, 6) is 0.126. The number of hydrogen-bond donors (Lipinski definition) is 0. The molecule has 4 rings (SSSR count). The Morgan fingerprint density at radius 3 is 3.04 bits per heavy atom. The fourth-order valence-corrected chi connectivity index (χ4v) is 4.62. The third-order valence-corrected chi connectivity index (χ3v) is 5.86. The van der Waals surface area contributed by atoms with E-state index in [0.717, 1.165) is 44.0 Å². The molecule has 1 aromatic carbocycles. The van der Waals surface area contributed by atoms with Gasteiger partial charge in [-0.2, -0.15) is 0 Å². The van der Waals surface area contributed by atoms with Gasteiger partial charge in [-0.15, -0.1) is 11.3 Å². The Kier molecular flexibility index (Phi) is 4.33. The fraction of sp³-hybridized carbons (Fsp3) is 0.444. The van der Waals surface area contributed by atoms with E-state index in [0.29, 0.717) is 11.5 Å². The maximum absolute atomic E-state index is 13.4. The largest absolute Gasteiger partial charge is 0.335 e. The van der Waals surface area contributed by atoms with Crippen LogP contribution in [-0.4, -0.2) is 46.4 Å². The molecule has 0 radical (unpaired) electrons. The first-order chi connectivity index (χ1) is 11.7. The molecule has 4 nitrogen and oxygen atoms in total. The first-order valence-corrected chi connectivity index (χ1v) is 9.26. The van der Waals surface area contributed by atoms with Crippen LogP contribution >= 0.6 is 11.3 Å². The number of piperidine rings is 1. The van der Waals surface area contributed by atoms with Gasteiger partial charge in [0.2, 0.25) is 0 Å². The molecule has 3 heterocycles. The Labute approximate surface area is 144 Å². The third kappa shape index (κ3) is 3.08. The molecule has 126 valence electrons. The van der Waals surface area contributed by atoms with Crippen molar-refractivity contribution in [2.24, 2.45) is 5.92 Å². The second-order valence-corrected chi connectivity index (χ2v) is 7.55. The number of aromatic nitrogens is 1. The van der Waals surface area contributed by atoms with Gasteiger partial charge < -0.3 is 4.90 Å². The van der Waals surface area contributed by atoms with Gasteiger partial charge in [-0.3, -0.25) is 9.69 Å². The second-order valence-electron chi connectivity index (χ2n) is 6.57. The highest BCUT2D eigenvalue weighted by molar-refractivity contribution is 7.09. The minimum atomic E-state index is -0.352. The number of rotatable bonds is 3. The van der Waals surface area contributed by atoms with E-state index in [4.69, 9.17) is 0 Å². The Bertz CT molecular complexity index is 721. The molecule has 0 aliphatic carbocycles. The van der Waals surface area contributed by atoms with Crippen LogP contribution in [0.5, 0.6) is 0 Å². The van der Waals surface area contributed by atoms with E-state index in [1.165, 1.54) is 12.1 Å². The standard InChI is InChI=1S/C18H20FN3OS/c19-15-3-1-2-13(10-15)18(23)22-8-4-14-11-21(7-5-16(14)22)12-17-20-6-9-24-17/h1-3,6,9-10,14,16H,4-5,7-8,11-12H2. The summed E-state index contributed by atoms with van der Waals surface area (Å²) in [6.07, 6.45) is 3.86. The van der Waals surface area contributed by atoms with Crippen LogP contribution in [0.25, 0.3) is 0 Å². The van der Waals surface area contributed by atoms with Gasteiger partial charge in [-0.25, -0.2) is 9.37 Å². The summed E-state index contributed by atoms with van der Waals surface area (Å²) >= 11 is 1.69. The smallest absolute Gasteiger partial charge is 0.254 e. The van der Waals surface area contributed by atoms with Gasteiger partial charge >= 0.3 is 0 Å². The van der Waals surface area contributed by atoms with Crippen molar-refractivity contribution in [2.45, 2.75) is 25.4 Å². The van der Waals surface area contributed by atoms with E-state index in [1.54, 1.807) is 23.5 Å². The predicted octanol–water partition coefficient (Wildman–Crippen LogP) is 3.02. The lowest BCUT2D eigenvalue weighted by Crippen LogP contribution is -2.47. The number of likely N-dealkylation sites (tertiary alicyclic amines) is 2. The van der Waals surface area contributed by atoms with Gasteiger partial charge in [0.15, 0.2) is 0 Å². The lowest BCUT2D eigenvalue weighted by atomic mass is 9.92. The molecule has 2 aliphatic heterocycles. The molecule has 0 spiro atoms. The van der Waals surface area contributed by atoms with Gasteiger partial charge in [-0.05, 0) is 37.0 Å². The van der Waals surface area contributed by atoms with Crippen LogP contribution in [-0.2, 0) is 6.54 Å². The van der Waals surface area contributed by atoms with Gasteiger partial charge in [0.1, 0.15) is 10.8 Å². The monoisotopic (exact) mass is 345 g/mol. The van der Waals surface area contributed by atoms with Gasteiger partial charge in [0.05, 0.1) is 6.54 Å². The van der Waals surface area contributed by atoms with Crippen LogP contribution in [0.3, 0.4) is 0 Å². The van der Waals surface area contributed by atoms with Crippen LogP contribution in [0.1, 0.15) is 28.2 Å². The second kappa shape index (κ2) is 6.61. The lowest BCUT2D eigenvalue weighted by molar-refractivity contribution is 0.0615. The van der Waals surface area contributed by atoms with Crippen molar-refractivity contribution in [3.05, 3.63) is 52.2 Å². The topological polar surface area (TPSA) is 36.4 Å². The molecule has 0 bridgehead atoms. The van der Waals surface area contributed by atoms with Crippen molar-refractivity contribution >= 4 is 17.2 Å². The number of nitrogens with zero attached hydrogens (tertiary/aromatic N) is 3. The predicted molar refractivity (Wildman–Crippen MR) is 91.3 cm³/mol. The average molecular weight is 345 g/mol. The zero-order valence-corrected chi connectivity index (χ0v) is 14.2. The first-order valence-electron chi connectivity index (χ1n) is 8.38. The maximum Gasteiger partial charge on any atom is 0.254 e. The number of fused-ring (bicyclic) bond motifs is 1. The van der Waals surface area contributed by atoms with Crippen molar-refractivity contribution in [1.82, 2.24) is 14.8 Å². The normalized spacial score (nSPS) is 24.1. The van der Waals surface area contributed by atoms with Crippen LogP contribution in [0.2, 0.25) is 0 Å². The van der Waals surface area contributed by atoms with Gasteiger partial charge in [0.25, 0.3) is 5.91 Å². The van der Waals surface area contributed by atoms with Crippen LogP contribution in [0, 0.1) is 11.7 Å². The fourth-order valence-electron chi connectivity index (χ4n) is 3.97. The molecule has 2 unspecified atom stereocenters. The van der Waals surface area contributed by atoms with Crippen LogP contribution in [0.15, 0.2) is 35.8 Å². The Morgan fingerprint density at radius 2 is 2.25 bits per heavy atom. The highest BCUT2D eigenvalue weighted by Crippen LogP contribution is 2.33. The van der Waals surface area contributed by atoms with E-state index >= 15 is 0 Å². The van der Waals surface area contributed by atoms with Crippen molar-refractivity contribution in [2.75, 3.05) is 19.6 Å². The lowest BCUT2D eigenvalue weighted by Gasteiger charge is -2.37. The zero-order valence-electron chi connectivity index (χ0n) is 13.4. The minimum absolute atomic E-state index is 0.0321. The number of carbonyl (C=O) groups is 1. The average Bonchev–Trinajstić information content (AvgIpc) is 3.23. The van der Waals surface area contributed by atoms with E-state index in [9.17, 15) is 9.18 Å². The SMILES string of the molecule is O=C(c1cccc(F)c1)N1CCC2CN(Cc3nccs3)CCC21. The molecule has 1 amide bonds. The van der Waals surface area contributed by atoms with Gasteiger partial charge in [-0.1, -0.05) is 6.07 Å². The number of benzene rings is 1. The van der Waals surface area contributed by atoms with Crippen LogP contribution < -0.4 is 0 Å². The summed E-state index contributed by atoms with van der Waals surface area (Å²) in [5.41, 5.74) is 0.459. The minimum Gasteiger partial charge on any atom is -0.335 e. The summed E-state index contributed by atoms with van der Waals surface area (Å²) in [6, 6.07) is 6.31. The molecule has 0 saturated carbocycles. The van der Waals surface area contributed by atoms with Crippen molar-refractivity contribution in [3.63, 3.8) is 0 Å². The molecule has 1 aromatic heterocycles. The maximum atomic E-state index is 13.4. The molecule has 0 N–H and O–H groups in total. The number of hydrogen-bond acceptors (Lipinski definition) is 4. The number of thiazole rings is 1. The zero-order chi connectivity index (χ0) is 16.5. The summed E-state index contributed by atoms with van der Waals surface area (Å²) < 4.78 is 13.4. The highest BCUT2D eigenvalue weighted by Gasteiger charge is 2.40. The summed E-state index contributed by atoms with van der Waals surface area (Å²) in [6.45, 7) is 3.67. The molecular formula is C18H20FN3OS. The van der Waals surface area contributed by atoms with E-state index in [-0.39, 0.29) is 17.8 Å².